The number of nitrogens with one attached hydrogen (secondary N) is 2. The Morgan fingerprint density at radius 3 is 2.64 bits per heavy atom. The van der Waals surface area contributed by atoms with Gasteiger partial charge >= 0.3 is 0 Å². The van der Waals surface area contributed by atoms with E-state index in [1.165, 1.54) is 24.5 Å². The molecular weight excluding hydrogens is 327 g/mol. The van der Waals surface area contributed by atoms with E-state index in [4.69, 9.17) is 27.6 Å². The van der Waals surface area contributed by atoms with Gasteiger partial charge in [-0.15, -0.1) is 0 Å². The summed E-state index contributed by atoms with van der Waals surface area (Å²) in [6.45, 7) is 1.85. The minimum absolute atomic E-state index is 0.263. The molecule has 2 N–H and O–H groups in total. The predicted octanol–water partition coefficient (Wildman–Crippen LogP) is 3.02. The van der Waals surface area contributed by atoms with E-state index in [1.54, 1.807) is 19.1 Å². The monoisotopic (exact) mass is 340 g/mol. The number of benzene rings is 1. The second-order valence-electron chi connectivity index (χ2n) is 4.62. The van der Waals surface area contributed by atoms with Crippen molar-refractivity contribution in [2.24, 2.45) is 0 Å². The van der Waals surface area contributed by atoms with Crippen molar-refractivity contribution in [3.8, 4) is 0 Å². The number of furan rings is 1. The van der Waals surface area contributed by atoms with Crippen molar-refractivity contribution in [3.63, 3.8) is 0 Å². The van der Waals surface area contributed by atoms with Crippen molar-refractivity contribution in [2.45, 2.75) is 19.5 Å². The van der Waals surface area contributed by atoms with Gasteiger partial charge in [0.1, 0.15) is 11.8 Å². The standard InChI is InChI=1S/C15H14Cl2N2O3/c1-9(14(20)18-8-11-3-2-6-22-11)19-15(21)10-4-5-12(16)13(17)7-10/h2-7,9H,8H2,1H3,(H,18,20)(H,19,21)/t9-/m0/s1. The Morgan fingerprint density at radius 1 is 1.23 bits per heavy atom. The van der Waals surface area contributed by atoms with Gasteiger partial charge in [-0.1, -0.05) is 23.2 Å². The summed E-state index contributed by atoms with van der Waals surface area (Å²) in [6, 6.07) is 7.30. The molecule has 116 valence electrons. The second kappa shape index (κ2) is 7.33. The fourth-order valence-corrected chi connectivity index (χ4v) is 2.02. The lowest BCUT2D eigenvalue weighted by molar-refractivity contribution is -0.122. The van der Waals surface area contributed by atoms with Crippen molar-refractivity contribution in [3.05, 3.63) is 58.0 Å². The minimum atomic E-state index is -0.697. The van der Waals surface area contributed by atoms with Gasteiger partial charge < -0.3 is 15.1 Å². The molecule has 0 unspecified atom stereocenters. The Bertz CT molecular complexity index is 671. The molecule has 5 nitrogen and oxygen atoms in total. The molecular formula is C15H14Cl2N2O3. The van der Waals surface area contributed by atoms with Crippen LogP contribution in [0.25, 0.3) is 0 Å². The summed E-state index contributed by atoms with van der Waals surface area (Å²) < 4.78 is 5.11. The largest absolute Gasteiger partial charge is 0.467 e. The quantitative estimate of drug-likeness (QED) is 0.878. The Hall–Kier alpha value is -1.98. The van der Waals surface area contributed by atoms with Gasteiger partial charge in [0.2, 0.25) is 5.91 Å². The maximum absolute atomic E-state index is 12.0. The molecule has 7 heteroatoms. The number of rotatable bonds is 5. The Morgan fingerprint density at radius 2 is 2.00 bits per heavy atom. The first kappa shape index (κ1) is 16.4. The summed E-state index contributed by atoms with van der Waals surface area (Å²) in [4.78, 5) is 24.0. The van der Waals surface area contributed by atoms with E-state index in [2.05, 4.69) is 10.6 Å². The van der Waals surface area contributed by atoms with Crippen LogP contribution in [0.2, 0.25) is 10.0 Å². The number of carbonyl (C=O) groups excluding carboxylic acids is 2. The molecule has 2 amide bonds. The number of carbonyl (C=O) groups is 2. The molecule has 2 rings (SSSR count). The summed E-state index contributed by atoms with van der Waals surface area (Å²) in [7, 11) is 0. The van der Waals surface area contributed by atoms with Gasteiger partial charge in [0.05, 0.1) is 22.9 Å². The van der Waals surface area contributed by atoms with Crippen LogP contribution >= 0.6 is 23.2 Å². The van der Waals surface area contributed by atoms with E-state index in [1.807, 2.05) is 0 Å². The highest BCUT2D eigenvalue weighted by Crippen LogP contribution is 2.22. The molecule has 0 aliphatic heterocycles. The fraction of sp³-hybridized carbons (Fsp3) is 0.200. The summed E-state index contributed by atoms with van der Waals surface area (Å²) in [5.41, 5.74) is 0.333. The van der Waals surface area contributed by atoms with Crippen LogP contribution in [0.3, 0.4) is 0 Å². The van der Waals surface area contributed by atoms with E-state index < -0.39 is 11.9 Å². The Kier molecular flexibility index (Phi) is 5.46. The molecule has 1 aromatic heterocycles. The van der Waals surface area contributed by atoms with Crippen molar-refractivity contribution in [2.75, 3.05) is 0 Å². The lowest BCUT2D eigenvalue weighted by atomic mass is 10.2. The molecule has 0 aliphatic rings. The first-order chi connectivity index (χ1) is 10.5. The van der Waals surface area contributed by atoms with E-state index >= 15 is 0 Å². The highest BCUT2D eigenvalue weighted by molar-refractivity contribution is 6.42. The van der Waals surface area contributed by atoms with E-state index in [-0.39, 0.29) is 17.5 Å². The third-order valence-electron chi connectivity index (χ3n) is 2.94. The van der Waals surface area contributed by atoms with Crippen LogP contribution < -0.4 is 10.6 Å². The van der Waals surface area contributed by atoms with Gasteiger partial charge in [-0.3, -0.25) is 9.59 Å². The van der Waals surface area contributed by atoms with E-state index in [9.17, 15) is 9.59 Å². The number of hydrogen-bond acceptors (Lipinski definition) is 3. The molecule has 1 heterocycles. The van der Waals surface area contributed by atoms with E-state index in [0.717, 1.165) is 0 Å². The number of amides is 2. The highest BCUT2D eigenvalue weighted by Gasteiger charge is 2.17. The van der Waals surface area contributed by atoms with Crippen molar-refractivity contribution >= 4 is 35.0 Å². The average molecular weight is 341 g/mol. The van der Waals surface area contributed by atoms with Gasteiger partial charge in [-0.05, 0) is 37.3 Å². The zero-order valence-corrected chi connectivity index (χ0v) is 13.2. The van der Waals surface area contributed by atoms with Crippen LogP contribution in [0.5, 0.6) is 0 Å². The molecule has 0 radical (unpaired) electrons. The molecule has 0 spiro atoms. The molecule has 0 bridgehead atoms. The van der Waals surface area contributed by atoms with Gasteiger partial charge in [0.15, 0.2) is 0 Å². The maximum atomic E-state index is 12.0. The molecule has 1 aromatic carbocycles. The fourth-order valence-electron chi connectivity index (χ4n) is 1.72. The predicted molar refractivity (Wildman–Crippen MR) is 83.9 cm³/mol. The summed E-state index contributed by atoms with van der Waals surface area (Å²) in [5.74, 6) is -0.0830. The summed E-state index contributed by atoms with van der Waals surface area (Å²) >= 11 is 11.7. The van der Waals surface area contributed by atoms with Crippen LogP contribution in [0.15, 0.2) is 41.0 Å². The number of halogens is 2. The van der Waals surface area contributed by atoms with Crippen LogP contribution in [0, 0.1) is 0 Å². The molecule has 0 saturated carbocycles. The third-order valence-corrected chi connectivity index (χ3v) is 3.68. The third kappa shape index (κ3) is 4.26. The van der Waals surface area contributed by atoms with Gasteiger partial charge in [0.25, 0.3) is 5.91 Å². The topological polar surface area (TPSA) is 71.3 Å². The summed E-state index contributed by atoms with van der Waals surface area (Å²) in [5, 5.41) is 5.90. The molecule has 0 fully saturated rings. The van der Waals surface area contributed by atoms with Crippen LogP contribution in [0.1, 0.15) is 23.0 Å². The van der Waals surface area contributed by atoms with E-state index in [0.29, 0.717) is 16.3 Å². The van der Waals surface area contributed by atoms with Gasteiger partial charge in [0, 0.05) is 5.56 Å². The first-order valence-corrected chi connectivity index (χ1v) is 7.29. The van der Waals surface area contributed by atoms with Crippen molar-refractivity contribution in [1.82, 2.24) is 10.6 Å². The Balaban J connectivity index is 1.89. The number of hydrogen-bond donors (Lipinski definition) is 2. The van der Waals surface area contributed by atoms with Crippen LogP contribution in [-0.2, 0) is 11.3 Å². The van der Waals surface area contributed by atoms with Gasteiger partial charge in [-0.2, -0.15) is 0 Å². The zero-order valence-electron chi connectivity index (χ0n) is 11.7. The smallest absolute Gasteiger partial charge is 0.251 e. The minimum Gasteiger partial charge on any atom is -0.467 e. The zero-order chi connectivity index (χ0) is 16.1. The summed E-state index contributed by atoms with van der Waals surface area (Å²) in [6.07, 6.45) is 1.52. The maximum Gasteiger partial charge on any atom is 0.251 e. The second-order valence-corrected chi connectivity index (χ2v) is 5.44. The average Bonchev–Trinajstić information content (AvgIpc) is 3.00. The molecule has 2 aromatic rings. The van der Waals surface area contributed by atoms with Crippen LogP contribution in [-0.4, -0.2) is 17.9 Å². The molecule has 1 atom stereocenters. The Labute approximate surface area is 137 Å². The van der Waals surface area contributed by atoms with Crippen molar-refractivity contribution < 1.29 is 14.0 Å². The SMILES string of the molecule is C[C@H](NC(=O)c1ccc(Cl)c(Cl)c1)C(=O)NCc1ccco1. The van der Waals surface area contributed by atoms with Crippen LogP contribution in [0.4, 0.5) is 0 Å². The molecule has 0 aliphatic carbocycles. The lowest BCUT2D eigenvalue weighted by Crippen LogP contribution is -2.44. The highest BCUT2D eigenvalue weighted by atomic mass is 35.5. The van der Waals surface area contributed by atoms with Crippen molar-refractivity contribution in [1.29, 1.82) is 0 Å². The van der Waals surface area contributed by atoms with Gasteiger partial charge in [-0.25, -0.2) is 0 Å². The lowest BCUT2D eigenvalue weighted by Gasteiger charge is -2.14. The molecule has 0 saturated heterocycles. The first-order valence-electron chi connectivity index (χ1n) is 6.53. The normalized spacial score (nSPS) is 11.8. The molecule has 22 heavy (non-hydrogen) atoms.